The Morgan fingerprint density at radius 2 is 2.17 bits per heavy atom. The lowest BCUT2D eigenvalue weighted by molar-refractivity contribution is 0.0305. The third kappa shape index (κ3) is 4.52. The molecule has 3 heterocycles. The van der Waals surface area contributed by atoms with Gasteiger partial charge < -0.3 is 14.6 Å². The Morgan fingerprint density at radius 1 is 1.39 bits per heavy atom. The van der Waals surface area contributed by atoms with Crippen LogP contribution in [0.25, 0.3) is 0 Å². The molecule has 1 N–H and O–H groups in total. The largest absolute Gasteiger partial charge is 0.379 e. The van der Waals surface area contributed by atoms with E-state index in [-0.39, 0.29) is 29.0 Å². The second-order valence-corrected chi connectivity index (χ2v) is 8.27. The highest BCUT2D eigenvalue weighted by atomic mass is 32.2. The van der Waals surface area contributed by atoms with Gasteiger partial charge in [-0.15, -0.1) is 0 Å². The molecule has 2 aliphatic heterocycles. The van der Waals surface area contributed by atoms with Gasteiger partial charge in [0.15, 0.2) is 21.3 Å². The van der Waals surface area contributed by atoms with E-state index in [1.165, 1.54) is 0 Å². The van der Waals surface area contributed by atoms with Crippen molar-refractivity contribution in [3.05, 3.63) is 17.5 Å². The number of carbonyl (C=O) groups excluding carboxylic acids is 1. The summed E-state index contributed by atoms with van der Waals surface area (Å²) in [5.41, 5.74) is 0.231. The fourth-order valence-electron chi connectivity index (χ4n) is 2.83. The van der Waals surface area contributed by atoms with Gasteiger partial charge in [-0.1, -0.05) is 5.16 Å². The Hall–Kier alpha value is -1.45. The van der Waals surface area contributed by atoms with Gasteiger partial charge in [0.25, 0.3) is 5.91 Å². The van der Waals surface area contributed by atoms with Crippen molar-refractivity contribution in [3.8, 4) is 0 Å². The highest BCUT2D eigenvalue weighted by Crippen LogP contribution is 2.17. The SMILES string of the molecule is O=C(NCC1CCS(=O)(=O)C1)c1cc(CN2CCOCC2)on1. The van der Waals surface area contributed by atoms with Crippen LogP contribution in [0.2, 0.25) is 0 Å². The zero-order chi connectivity index (χ0) is 16.3. The summed E-state index contributed by atoms with van der Waals surface area (Å²) < 4.78 is 33.3. The van der Waals surface area contributed by atoms with E-state index < -0.39 is 9.84 Å². The normalized spacial score (nSPS) is 24.6. The molecule has 2 saturated heterocycles. The molecule has 128 valence electrons. The van der Waals surface area contributed by atoms with Crippen LogP contribution in [0.4, 0.5) is 0 Å². The first kappa shape index (κ1) is 16.4. The molecule has 2 aliphatic rings. The lowest BCUT2D eigenvalue weighted by atomic mass is 10.1. The van der Waals surface area contributed by atoms with Crippen LogP contribution >= 0.6 is 0 Å². The van der Waals surface area contributed by atoms with Gasteiger partial charge in [0.05, 0.1) is 31.3 Å². The predicted molar refractivity (Wildman–Crippen MR) is 81.7 cm³/mol. The van der Waals surface area contributed by atoms with Crippen molar-refractivity contribution in [1.82, 2.24) is 15.4 Å². The Balaban J connectivity index is 1.48. The minimum atomic E-state index is -2.92. The average molecular weight is 343 g/mol. The molecule has 0 saturated carbocycles. The summed E-state index contributed by atoms with van der Waals surface area (Å²) in [6, 6.07) is 1.64. The smallest absolute Gasteiger partial charge is 0.273 e. The third-order valence-corrected chi connectivity index (χ3v) is 5.99. The van der Waals surface area contributed by atoms with E-state index in [9.17, 15) is 13.2 Å². The summed E-state index contributed by atoms with van der Waals surface area (Å²) in [7, 11) is -2.92. The average Bonchev–Trinajstić information content (AvgIpc) is 3.12. The van der Waals surface area contributed by atoms with E-state index >= 15 is 0 Å². The van der Waals surface area contributed by atoms with Crippen LogP contribution in [0.3, 0.4) is 0 Å². The maximum atomic E-state index is 12.1. The molecule has 1 atom stereocenters. The molecule has 0 radical (unpaired) electrons. The molecule has 1 aromatic heterocycles. The summed E-state index contributed by atoms with van der Waals surface area (Å²) in [6.07, 6.45) is 0.601. The lowest BCUT2D eigenvalue weighted by Gasteiger charge is -2.25. The highest BCUT2D eigenvalue weighted by Gasteiger charge is 2.28. The van der Waals surface area contributed by atoms with Crippen molar-refractivity contribution in [3.63, 3.8) is 0 Å². The molecule has 0 bridgehead atoms. The van der Waals surface area contributed by atoms with Gasteiger partial charge in [-0.05, 0) is 12.3 Å². The zero-order valence-electron chi connectivity index (χ0n) is 12.9. The topological polar surface area (TPSA) is 102 Å². The molecule has 1 unspecified atom stereocenters. The van der Waals surface area contributed by atoms with Crippen LogP contribution in [0, 0.1) is 5.92 Å². The molecule has 3 rings (SSSR count). The lowest BCUT2D eigenvalue weighted by Crippen LogP contribution is -2.35. The fraction of sp³-hybridized carbons (Fsp3) is 0.714. The summed E-state index contributed by atoms with van der Waals surface area (Å²) in [4.78, 5) is 14.2. The Kier molecular flexibility index (Phi) is 4.98. The second kappa shape index (κ2) is 6.98. The van der Waals surface area contributed by atoms with Gasteiger partial charge >= 0.3 is 0 Å². The van der Waals surface area contributed by atoms with Crippen molar-refractivity contribution in [2.75, 3.05) is 44.4 Å². The summed E-state index contributed by atoms with van der Waals surface area (Å²) in [5, 5.41) is 6.53. The quantitative estimate of drug-likeness (QED) is 0.781. The van der Waals surface area contributed by atoms with Crippen molar-refractivity contribution in [2.24, 2.45) is 5.92 Å². The van der Waals surface area contributed by atoms with E-state index in [1.54, 1.807) is 6.07 Å². The summed E-state index contributed by atoms with van der Waals surface area (Å²) >= 11 is 0. The van der Waals surface area contributed by atoms with E-state index in [1.807, 2.05) is 0 Å². The van der Waals surface area contributed by atoms with Crippen molar-refractivity contribution >= 4 is 15.7 Å². The molecule has 2 fully saturated rings. The summed E-state index contributed by atoms with van der Waals surface area (Å²) in [5.74, 6) is 0.658. The van der Waals surface area contributed by atoms with E-state index in [0.29, 0.717) is 38.5 Å². The number of morpholine rings is 1. The minimum Gasteiger partial charge on any atom is -0.379 e. The molecule has 9 heteroatoms. The first-order valence-corrected chi connectivity index (χ1v) is 9.58. The Morgan fingerprint density at radius 3 is 2.87 bits per heavy atom. The van der Waals surface area contributed by atoms with Crippen molar-refractivity contribution in [1.29, 1.82) is 0 Å². The first-order chi connectivity index (χ1) is 11.0. The van der Waals surface area contributed by atoms with Crippen LogP contribution in [0.5, 0.6) is 0 Å². The van der Waals surface area contributed by atoms with Gasteiger partial charge in [-0.25, -0.2) is 8.42 Å². The number of nitrogens with one attached hydrogen (secondary N) is 1. The number of sulfone groups is 1. The summed E-state index contributed by atoms with van der Waals surface area (Å²) in [6.45, 7) is 4.02. The van der Waals surface area contributed by atoms with Gasteiger partial charge in [0, 0.05) is 25.7 Å². The van der Waals surface area contributed by atoms with Crippen LogP contribution < -0.4 is 5.32 Å². The highest BCUT2D eigenvalue weighted by molar-refractivity contribution is 7.91. The molecule has 0 aromatic carbocycles. The number of hydrogen-bond acceptors (Lipinski definition) is 7. The maximum Gasteiger partial charge on any atom is 0.273 e. The van der Waals surface area contributed by atoms with Crippen LogP contribution in [-0.2, 0) is 21.1 Å². The van der Waals surface area contributed by atoms with E-state index in [2.05, 4.69) is 15.4 Å². The Labute approximate surface area is 135 Å². The van der Waals surface area contributed by atoms with Crippen molar-refractivity contribution in [2.45, 2.75) is 13.0 Å². The molecular weight excluding hydrogens is 322 g/mol. The monoisotopic (exact) mass is 343 g/mol. The molecule has 23 heavy (non-hydrogen) atoms. The zero-order valence-corrected chi connectivity index (χ0v) is 13.7. The number of amides is 1. The molecule has 8 nitrogen and oxygen atoms in total. The predicted octanol–water partition coefficient (Wildman–Crippen LogP) is -0.329. The third-order valence-electron chi connectivity index (χ3n) is 4.15. The minimum absolute atomic E-state index is 0.0105. The molecule has 0 aliphatic carbocycles. The van der Waals surface area contributed by atoms with Crippen LogP contribution in [0.1, 0.15) is 22.7 Å². The molecular formula is C14H21N3O5S. The van der Waals surface area contributed by atoms with Crippen LogP contribution in [-0.4, -0.2) is 68.7 Å². The first-order valence-electron chi connectivity index (χ1n) is 7.76. The molecule has 0 spiro atoms. The van der Waals surface area contributed by atoms with Gasteiger partial charge in [0.1, 0.15) is 0 Å². The Bertz CT molecular complexity index is 651. The second-order valence-electron chi connectivity index (χ2n) is 6.05. The number of nitrogens with zero attached hydrogens (tertiary/aromatic N) is 2. The van der Waals surface area contributed by atoms with Gasteiger partial charge in [-0.2, -0.15) is 0 Å². The van der Waals surface area contributed by atoms with Crippen molar-refractivity contribution < 1.29 is 22.5 Å². The number of aromatic nitrogens is 1. The molecule has 1 amide bonds. The number of hydrogen-bond donors (Lipinski definition) is 1. The molecule has 1 aromatic rings. The standard InChI is InChI=1S/C14H21N3O5S/c18-14(15-8-11-1-6-23(19,20)10-11)13-7-12(22-16-13)9-17-2-4-21-5-3-17/h7,11H,1-6,8-10H2,(H,15,18). The number of carbonyl (C=O) groups is 1. The van der Waals surface area contributed by atoms with Crippen LogP contribution in [0.15, 0.2) is 10.6 Å². The van der Waals surface area contributed by atoms with Gasteiger partial charge in [-0.3, -0.25) is 9.69 Å². The van der Waals surface area contributed by atoms with Gasteiger partial charge in [0.2, 0.25) is 0 Å². The number of rotatable bonds is 5. The fourth-order valence-corrected chi connectivity index (χ4v) is 4.70. The van der Waals surface area contributed by atoms with E-state index in [0.717, 1.165) is 13.1 Å². The maximum absolute atomic E-state index is 12.1. The van der Waals surface area contributed by atoms with E-state index in [4.69, 9.17) is 9.26 Å². The number of ether oxygens (including phenoxy) is 1.